The fraction of sp³-hybridized carbons (Fsp3) is 0.882. The van der Waals surface area contributed by atoms with Crippen molar-refractivity contribution in [3.8, 4) is 0 Å². The Hall–Kier alpha value is -1.40. The molecule has 5 aliphatic rings. The molecule has 6 heteroatoms. The van der Waals surface area contributed by atoms with Gasteiger partial charge in [-0.15, -0.1) is 0 Å². The summed E-state index contributed by atoms with van der Waals surface area (Å²) in [6, 6.07) is 0. The second kappa shape index (κ2) is 10.4. The highest BCUT2D eigenvalue weighted by Crippen LogP contribution is 2.72. The first-order valence-corrected chi connectivity index (χ1v) is 16.1. The largest absolute Gasteiger partial charge is 0.481 e. The van der Waals surface area contributed by atoms with E-state index in [-0.39, 0.29) is 28.8 Å². The third-order valence-corrected chi connectivity index (χ3v) is 13.6. The Kier molecular flexibility index (Phi) is 7.82. The van der Waals surface area contributed by atoms with E-state index in [9.17, 15) is 24.9 Å². The van der Waals surface area contributed by atoms with Crippen molar-refractivity contribution in [1.82, 2.24) is 0 Å². The lowest BCUT2D eigenvalue weighted by molar-refractivity contribution is -0.179. The minimum Gasteiger partial charge on any atom is -0.481 e. The molecule has 4 saturated carbocycles. The van der Waals surface area contributed by atoms with Gasteiger partial charge in [0.15, 0.2) is 6.10 Å². The van der Waals surface area contributed by atoms with E-state index < -0.39 is 29.6 Å². The summed E-state index contributed by atoms with van der Waals surface area (Å²) in [6.45, 7) is 13.9. The van der Waals surface area contributed by atoms with Gasteiger partial charge in [0, 0.05) is 0 Å². The van der Waals surface area contributed by atoms with Crippen molar-refractivity contribution in [1.29, 1.82) is 0 Å². The van der Waals surface area contributed by atoms with Crippen molar-refractivity contribution < 1.29 is 29.6 Å². The molecule has 0 bridgehead atoms. The zero-order valence-electron chi connectivity index (χ0n) is 25.7. The number of aliphatic carboxylic acids is 1. The van der Waals surface area contributed by atoms with Crippen LogP contribution in [0.25, 0.3) is 0 Å². The normalized spacial score (nSPS) is 45.5. The third kappa shape index (κ3) is 4.49. The molecule has 0 aromatic heterocycles. The summed E-state index contributed by atoms with van der Waals surface area (Å²) in [5.41, 5.74) is 1.52. The number of ether oxygens (including phenoxy) is 1. The van der Waals surface area contributed by atoms with Crippen LogP contribution in [0.3, 0.4) is 0 Å². The van der Waals surface area contributed by atoms with Gasteiger partial charge in [0.25, 0.3) is 0 Å². The minimum absolute atomic E-state index is 0.109. The van der Waals surface area contributed by atoms with Gasteiger partial charge in [-0.1, -0.05) is 46.3 Å². The van der Waals surface area contributed by atoms with E-state index in [4.69, 9.17) is 4.74 Å². The van der Waals surface area contributed by atoms with Crippen LogP contribution in [0.4, 0.5) is 0 Å². The van der Waals surface area contributed by atoms with Gasteiger partial charge in [0.05, 0.1) is 18.1 Å². The van der Waals surface area contributed by atoms with Crippen molar-refractivity contribution in [2.24, 2.45) is 57.2 Å². The number of carbonyl (C=O) groups excluding carboxylic acids is 1. The maximum absolute atomic E-state index is 12.7. The van der Waals surface area contributed by atoms with Gasteiger partial charge in [0.2, 0.25) is 0 Å². The molecule has 11 unspecified atom stereocenters. The molecular weight excluding hydrogens is 504 g/mol. The second-order valence-electron chi connectivity index (χ2n) is 15.8. The molecule has 5 rings (SSSR count). The summed E-state index contributed by atoms with van der Waals surface area (Å²) in [5, 5.41) is 29.7. The Balaban J connectivity index is 1.35. The van der Waals surface area contributed by atoms with Gasteiger partial charge in [-0.3, -0.25) is 4.79 Å². The van der Waals surface area contributed by atoms with Crippen LogP contribution in [0.15, 0.2) is 11.6 Å². The molecule has 0 aliphatic heterocycles. The number of rotatable bonds is 6. The fourth-order valence-electron chi connectivity index (χ4n) is 11.3. The summed E-state index contributed by atoms with van der Waals surface area (Å²) < 4.78 is 5.36. The van der Waals surface area contributed by atoms with Crippen molar-refractivity contribution in [2.75, 3.05) is 6.61 Å². The van der Waals surface area contributed by atoms with Crippen LogP contribution in [-0.4, -0.2) is 46.1 Å². The molecule has 226 valence electrons. The summed E-state index contributed by atoms with van der Waals surface area (Å²) in [6.07, 6.45) is 11.2. The van der Waals surface area contributed by atoms with Gasteiger partial charge in [-0.2, -0.15) is 0 Å². The lowest BCUT2D eigenvalue weighted by Crippen LogP contribution is -2.61. The van der Waals surface area contributed by atoms with Crippen LogP contribution >= 0.6 is 0 Å². The first-order valence-electron chi connectivity index (χ1n) is 16.1. The zero-order valence-corrected chi connectivity index (χ0v) is 25.7. The number of esters is 1. The first-order chi connectivity index (χ1) is 18.7. The number of aliphatic hydroxyl groups is 2. The summed E-state index contributed by atoms with van der Waals surface area (Å²) >= 11 is 0. The molecule has 5 aliphatic carbocycles. The van der Waals surface area contributed by atoms with E-state index in [1.54, 1.807) is 0 Å². The first kappa shape index (κ1) is 30.1. The minimum atomic E-state index is -1.49. The van der Waals surface area contributed by atoms with Crippen LogP contribution in [0.1, 0.15) is 112 Å². The second-order valence-corrected chi connectivity index (χ2v) is 15.8. The molecule has 4 fully saturated rings. The number of carbonyl (C=O) groups is 2. The van der Waals surface area contributed by atoms with E-state index >= 15 is 0 Å². The number of hydrogen-bond donors (Lipinski definition) is 3. The predicted molar refractivity (Wildman–Crippen MR) is 154 cm³/mol. The Bertz CT molecular complexity index is 1030. The maximum atomic E-state index is 12.7. The van der Waals surface area contributed by atoms with Crippen molar-refractivity contribution in [3.63, 3.8) is 0 Å². The molecule has 11 atom stereocenters. The Morgan fingerprint density at radius 2 is 1.62 bits per heavy atom. The van der Waals surface area contributed by atoms with Gasteiger partial charge in [-0.05, 0) is 129 Å². The highest BCUT2D eigenvalue weighted by molar-refractivity contribution is 5.76. The lowest BCUT2D eigenvalue weighted by Gasteiger charge is -2.68. The quantitative estimate of drug-likeness (QED) is 0.258. The summed E-state index contributed by atoms with van der Waals surface area (Å²) in [5.74, 6) is 1.64. The highest BCUT2D eigenvalue weighted by Gasteiger charge is 2.65. The number of aliphatic hydroxyl groups excluding tert-OH is 2. The summed E-state index contributed by atoms with van der Waals surface area (Å²) in [7, 11) is 0. The highest BCUT2D eigenvalue weighted by atomic mass is 16.5. The van der Waals surface area contributed by atoms with Gasteiger partial charge in [0.1, 0.15) is 0 Å². The lowest BCUT2D eigenvalue weighted by atomic mass is 9.36. The standard InChI is InChI=1S/C34H54O6/c1-20-9-16-34(30(38)39)17-11-24-23(25(34)19-20)7-8-27-32(24,5)15-12-26-31(3,4)22(10-14-33(26,27)6)13-18-40-29(37)28(36)21(2)35/h7,20-22,24-28,35-36H,8-19H2,1-6H3,(H,38,39). The molecule has 0 saturated heterocycles. The van der Waals surface area contributed by atoms with Crippen LogP contribution in [0.2, 0.25) is 0 Å². The molecule has 0 aromatic carbocycles. The monoisotopic (exact) mass is 558 g/mol. The molecule has 0 radical (unpaired) electrons. The molecular formula is C34H54O6. The summed E-state index contributed by atoms with van der Waals surface area (Å²) in [4.78, 5) is 24.8. The van der Waals surface area contributed by atoms with Crippen LogP contribution < -0.4 is 0 Å². The average molecular weight is 559 g/mol. The molecule has 0 aromatic rings. The van der Waals surface area contributed by atoms with Crippen molar-refractivity contribution >= 4 is 11.9 Å². The number of hydrogen-bond acceptors (Lipinski definition) is 5. The van der Waals surface area contributed by atoms with E-state index in [1.807, 2.05) is 0 Å². The van der Waals surface area contributed by atoms with Gasteiger partial charge in [-0.25, -0.2) is 4.79 Å². The average Bonchev–Trinajstić information content (AvgIpc) is 2.88. The Morgan fingerprint density at radius 3 is 2.30 bits per heavy atom. The van der Waals surface area contributed by atoms with Crippen molar-refractivity contribution in [3.05, 3.63) is 11.6 Å². The number of carboxylic acids is 1. The number of fused-ring (bicyclic) bond motifs is 7. The molecule has 3 N–H and O–H groups in total. The number of allylic oxidation sites excluding steroid dienone is 2. The Morgan fingerprint density at radius 1 is 0.950 bits per heavy atom. The van der Waals surface area contributed by atoms with Gasteiger partial charge < -0.3 is 20.1 Å². The van der Waals surface area contributed by atoms with E-state index in [0.717, 1.165) is 51.4 Å². The molecule has 0 spiro atoms. The van der Waals surface area contributed by atoms with Crippen LogP contribution in [-0.2, 0) is 14.3 Å². The van der Waals surface area contributed by atoms with Crippen LogP contribution in [0, 0.1) is 57.2 Å². The zero-order chi connectivity index (χ0) is 29.3. The Labute approximate surface area is 241 Å². The molecule has 0 heterocycles. The van der Waals surface area contributed by atoms with Crippen molar-refractivity contribution in [2.45, 2.75) is 124 Å². The topological polar surface area (TPSA) is 104 Å². The van der Waals surface area contributed by atoms with E-state index in [2.05, 4.69) is 40.7 Å². The SMILES string of the molecule is CC1CCC2(C(=O)O)CCC3C(=CCC4C3(C)CCC3C(C)(C)C(CCOC(=O)C(O)C(C)O)CCC34C)C2C1. The van der Waals surface area contributed by atoms with Gasteiger partial charge >= 0.3 is 11.9 Å². The van der Waals surface area contributed by atoms with E-state index in [1.165, 1.54) is 31.8 Å². The third-order valence-electron chi connectivity index (χ3n) is 13.6. The van der Waals surface area contributed by atoms with Crippen LogP contribution in [0.5, 0.6) is 0 Å². The molecule has 40 heavy (non-hydrogen) atoms. The molecule has 6 nitrogen and oxygen atoms in total. The number of carboxylic acid groups (broad SMARTS) is 1. The smallest absolute Gasteiger partial charge is 0.337 e. The fourth-order valence-corrected chi connectivity index (χ4v) is 11.3. The maximum Gasteiger partial charge on any atom is 0.337 e. The predicted octanol–water partition coefficient (Wildman–Crippen LogP) is 6.38. The van der Waals surface area contributed by atoms with E-state index in [0.29, 0.717) is 29.6 Å². The molecule has 0 amide bonds.